The van der Waals surface area contributed by atoms with E-state index >= 15 is 0 Å². The number of aromatic nitrogens is 1. The van der Waals surface area contributed by atoms with E-state index in [1.807, 2.05) is 37.1 Å². The summed E-state index contributed by atoms with van der Waals surface area (Å²) >= 11 is 2.89. The quantitative estimate of drug-likeness (QED) is 0.808. The Balaban J connectivity index is 1.99. The van der Waals surface area contributed by atoms with Crippen molar-refractivity contribution >= 4 is 51.0 Å². The standard InChI is InChI=1S/C18H18N4O3S2/c1-5-22-16(24)14(27-17(22)13-9(2)19-20-15(13)23)18-21(3)11-8-10(25-4)6-7-12(11)26-18/h6-8H,5H2,1-4H3,(H,20,23)/b17-13+,18-14-. The Morgan fingerprint density at radius 1 is 1.30 bits per heavy atom. The van der Waals surface area contributed by atoms with Gasteiger partial charge in [0.25, 0.3) is 11.5 Å². The van der Waals surface area contributed by atoms with Crippen molar-refractivity contribution in [1.29, 1.82) is 0 Å². The second-order valence-electron chi connectivity index (χ2n) is 6.10. The molecule has 1 aromatic carbocycles. The second-order valence-corrected chi connectivity index (χ2v) is 8.13. The van der Waals surface area contributed by atoms with E-state index in [1.165, 1.54) is 11.3 Å². The Labute approximate surface area is 163 Å². The lowest BCUT2D eigenvalue weighted by atomic mass is 10.2. The summed E-state index contributed by atoms with van der Waals surface area (Å²) in [4.78, 5) is 28.4. The van der Waals surface area contributed by atoms with Crippen molar-refractivity contribution in [2.75, 3.05) is 19.1 Å². The fourth-order valence-corrected chi connectivity index (χ4v) is 5.72. The first-order chi connectivity index (χ1) is 13.0. The van der Waals surface area contributed by atoms with Crippen LogP contribution in [0.2, 0.25) is 0 Å². The predicted molar refractivity (Wildman–Crippen MR) is 109 cm³/mol. The van der Waals surface area contributed by atoms with Crippen LogP contribution in [-0.2, 0) is 11.3 Å². The largest absolute Gasteiger partial charge is 0.497 e. The van der Waals surface area contributed by atoms with Crippen molar-refractivity contribution in [3.05, 3.63) is 37.7 Å². The zero-order valence-electron chi connectivity index (χ0n) is 15.3. The lowest BCUT2D eigenvalue weighted by molar-refractivity contribution is -0.115. The minimum atomic E-state index is -0.270. The average Bonchev–Trinajstić information content (AvgIpc) is 3.28. The number of thiazole rings is 1. The molecule has 9 heteroatoms. The predicted octanol–water partition coefficient (Wildman–Crippen LogP) is 0.903. The Hall–Kier alpha value is -2.52. The van der Waals surface area contributed by atoms with Gasteiger partial charge in [-0.1, -0.05) is 11.8 Å². The number of ether oxygens (including phenoxy) is 1. The van der Waals surface area contributed by atoms with Gasteiger partial charge >= 0.3 is 0 Å². The van der Waals surface area contributed by atoms with Gasteiger partial charge in [-0.05, 0) is 26.0 Å². The maximum absolute atomic E-state index is 13.1. The Bertz CT molecular complexity index is 1180. The molecule has 27 heavy (non-hydrogen) atoms. The fraction of sp³-hybridized carbons (Fsp3) is 0.278. The van der Waals surface area contributed by atoms with Gasteiger partial charge in [-0.2, -0.15) is 5.10 Å². The van der Waals surface area contributed by atoms with Gasteiger partial charge in [0, 0.05) is 24.6 Å². The van der Waals surface area contributed by atoms with Crippen LogP contribution < -0.4 is 29.8 Å². The highest BCUT2D eigenvalue weighted by atomic mass is 32.2. The van der Waals surface area contributed by atoms with Gasteiger partial charge < -0.3 is 9.64 Å². The molecule has 1 amide bonds. The maximum Gasteiger partial charge on any atom is 0.276 e. The highest BCUT2D eigenvalue weighted by Crippen LogP contribution is 2.46. The van der Waals surface area contributed by atoms with Crippen LogP contribution in [0.25, 0.3) is 10.6 Å². The zero-order valence-corrected chi connectivity index (χ0v) is 17.0. The average molecular weight is 403 g/mol. The van der Waals surface area contributed by atoms with E-state index < -0.39 is 0 Å². The van der Waals surface area contributed by atoms with Gasteiger partial charge in [-0.25, -0.2) is 5.43 Å². The van der Waals surface area contributed by atoms with Gasteiger partial charge in [-0.15, -0.1) is 11.3 Å². The number of anilines is 1. The van der Waals surface area contributed by atoms with Crippen molar-refractivity contribution in [2.24, 2.45) is 5.10 Å². The van der Waals surface area contributed by atoms with Crippen molar-refractivity contribution in [3.8, 4) is 5.75 Å². The number of hydrogen-bond donors (Lipinski definition) is 1. The number of thioether (sulfide) groups is 1. The maximum atomic E-state index is 13.1. The number of fused-ring (bicyclic) bond motifs is 1. The third-order valence-electron chi connectivity index (χ3n) is 4.56. The molecule has 7 nitrogen and oxygen atoms in total. The van der Waals surface area contributed by atoms with Gasteiger partial charge in [0.15, 0.2) is 0 Å². The molecule has 2 aliphatic heterocycles. The van der Waals surface area contributed by atoms with E-state index in [2.05, 4.69) is 10.5 Å². The number of carbonyl (C=O) groups excluding carboxylic acids is 1. The zero-order chi connectivity index (χ0) is 19.3. The molecule has 0 spiro atoms. The summed E-state index contributed by atoms with van der Waals surface area (Å²) in [5.41, 5.74) is 4.44. The lowest BCUT2D eigenvalue weighted by Crippen LogP contribution is -2.35. The molecular weight excluding hydrogens is 384 g/mol. The molecule has 0 fully saturated rings. The third-order valence-corrected chi connectivity index (χ3v) is 7.12. The Kier molecular flexibility index (Phi) is 4.35. The first-order valence-corrected chi connectivity index (χ1v) is 10.0. The van der Waals surface area contributed by atoms with Crippen molar-refractivity contribution in [3.63, 3.8) is 0 Å². The van der Waals surface area contributed by atoms with Crippen molar-refractivity contribution in [1.82, 2.24) is 9.99 Å². The van der Waals surface area contributed by atoms with Crippen LogP contribution in [0.4, 0.5) is 5.69 Å². The summed E-state index contributed by atoms with van der Waals surface area (Å²) in [6.45, 7) is 4.15. The minimum absolute atomic E-state index is 0.0911. The molecule has 2 aliphatic rings. The molecular formula is C18H18N4O3S2. The highest BCUT2D eigenvalue weighted by Gasteiger charge is 2.27. The molecule has 0 bridgehead atoms. The molecule has 3 heterocycles. The number of hydrazone groups is 1. The van der Waals surface area contributed by atoms with E-state index in [4.69, 9.17) is 4.74 Å². The third kappa shape index (κ3) is 2.69. The first kappa shape index (κ1) is 17.9. The van der Waals surface area contributed by atoms with Crippen LogP contribution in [0.15, 0.2) is 33.0 Å². The van der Waals surface area contributed by atoms with E-state index in [1.54, 1.807) is 30.4 Å². The van der Waals surface area contributed by atoms with Gasteiger partial charge in [0.2, 0.25) is 0 Å². The number of hydrogen-bond acceptors (Lipinski definition) is 7. The van der Waals surface area contributed by atoms with Crippen LogP contribution in [-0.4, -0.2) is 30.3 Å². The SMILES string of the molecule is CCn1c(=O)/c(=C2/Sc3ccc(OC)cc3N2C)s/c1=C1/C(=O)NN=C1C. The Morgan fingerprint density at radius 3 is 2.70 bits per heavy atom. The summed E-state index contributed by atoms with van der Waals surface area (Å²) in [5, 5.41) is 4.85. The van der Waals surface area contributed by atoms with Crippen LogP contribution >= 0.6 is 23.1 Å². The van der Waals surface area contributed by atoms with Crippen LogP contribution in [0.1, 0.15) is 13.8 Å². The fourth-order valence-electron chi connectivity index (χ4n) is 3.13. The summed E-state index contributed by atoms with van der Waals surface area (Å²) in [7, 11) is 3.57. The van der Waals surface area contributed by atoms with Crippen LogP contribution in [0.5, 0.6) is 5.75 Å². The molecule has 0 saturated heterocycles. The van der Waals surface area contributed by atoms with Crippen molar-refractivity contribution in [2.45, 2.75) is 25.3 Å². The van der Waals surface area contributed by atoms with E-state index in [-0.39, 0.29) is 11.5 Å². The number of amides is 1. The molecule has 1 N–H and O–H groups in total. The summed E-state index contributed by atoms with van der Waals surface area (Å²) in [6, 6.07) is 5.86. The topological polar surface area (TPSA) is 75.9 Å². The minimum Gasteiger partial charge on any atom is -0.497 e. The number of methoxy groups -OCH3 is 1. The smallest absolute Gasteiger partial charge is 0.276 e. The lowest BCUT2D eigenvalue weighted by Gasteiger charge is -2.13. The number of nitrogens with zero attached hydrogens (tertiary/aromatic N) is 3. The number of nitrogens with one attached hydrogen (secondary N) is 1. The molecule has 0 atom stereocenters. The summed E-state index contributed by atoms with van der Waals surface area (Å²) in [5.74, 6) is 0.498. The van der Waals surface area contributed by atoms with E-state index in [0.29, 0.717) is 27.0 Å². The van der Waals surface area contributed by atoms with Gasteiger partial charge in [-0.3, -0.25) is 14.2 Å². The molecule has 0 saturated carbocycles. The van der Waals surface area contributed by atoms with Gasteiger partial charge in [0.1, 0.15) is 20.0 Å². The van der Waals surface area contributed by atoms with Crippen LogP contribution in [0.3, 0.4) is 0 Å². The normalized spacial score (nSPS) is 19.9. The Morgan fingerprint density at radius 2 is 2.07 bits per heavy atom. The molecule has 0 unspecified atom stereocenters. The van der Waals surface area contributed by atoms with Crippen LogP contribution in [0, 0.1) is 0 Å². The summed E-state index contributed by atoms with van der Waals surface area (Å²) < 4.78 is 8.22. The van der Waals surface area contributed by atoms with Crippen molar-refractivity contribution < 1.29 is 9.53 Å². The molecule has 0 radical (unpaired) electrons. The number of carbonyl (C=O) groups is 1. The monoisotopic (exact) mass is 402 g/mol. The molecule has 1 aromatic heterocycles. The summed E-state index contributed by atoms with van der Waals surface area (Å²) in [6.07, 6.45) is 0. The number of benzene rings is 1. The first-order valence-electron chi connectivity index (χ1n) is 8.39. The van der Waals surface area contributed by atoms with Gasteiger partial charge in [0.05, 0.1) is 24.1 Å². The molecule has 4 rings (SSSR count). The number of rotatable bonds is 2. The van der Waals surface area contributed by atoms with E-state index in [0.717, 1.165) is 21.4 Å². The molecule has 0 aliphatic carbocycles. The molecule has 2 aromatic rings. The molecule has 140 valence electrons. The van der Waals surface area contributed by atoms with E-state index in [9.17, 15) is 9.59 Å². The highest BCUT2D eigenvalue weighted by molar-refractivity contribution is 8.08. The second kappa shape index (κ2) is 6.58.